The van der Waals surface area contributed by atoms with Crippen LogP contribution in [0.15, 0.2) is 90.1 Å². The molecular formula is C25H21F2N5. The quantitative estimate of drug-likeness (QED) is 0.331. The van der Waals surface area contributed by atoms with Crippen LogP contribution < -0.4 is 5.73 Å². The van der Waals surface area contributed by atoms with E-state index in [1.54, 1.807) is 36.7 Å². The predicted octanol–water partition coefficient (Wildman–Crippen LogP) is 5.60. The fourth-order valence-electron chi connectivity index (χ4n) is 3.01. The molecule has 2 N–H and O–H groups in total. The van der Waals surface area contributed by atoms with Gasteiger partial charge in [0.15, 0.2) is 5.82 Å². The maximum atomic E-state index is 13.8. The lowest BCUT2D eigenvalue weighted by Gasteiger charge is -2.09. The molecule has 5 nitrogen and oxygen atoms in total. The summed E-state index contributed by atoms with van der Waals surface area (Å²) in [5.41, 5.74) is 8.21. The van der Waals surface area contributed by atoms with Crippen LogP contribution in [-0.4, -0.2) is 28.7 Å². The highest BCUT2D eigenvalue weighted by molar-refractivity contribution is 5.91. The van der Waals surface area contributed by atoms with E-state index in [-0.39, 0.29) is 5.82 Å². The second-order valence-corrected chi connectivity index (χ2v) is 6.44. The van der Waals surface area contributed by atoms with Crippen molar-refractivity contribution in [3.8, 4) is 22.5 Å². The van der Waals surface area contributed by atoms with Crippen LogP contribution in [0.5, 0.6) is 0 Å². The molecule has 0 radical (unpaired) electrons. The summed E-state index contributed by atoms with van der Waals surface area (Å²) >= 11 is 0. The third-order valence-corrected chi connectivity index (χ3v) is 4.44. The minimum Gasteiger partial charge on any atom is -0.333 e. The maximum Gasteiger partial charge on any atom is 0.161 e. The van der Waals surface area contributed by atoms with Crippen LogP contribution in [0.1, 0.15) is 5.69 Å². The number of halogens is 2. The first-order chi connectivity index (χ1) is 15.6. The number of nitrogens with zero attached hydrogens (tertiary/aromatic N) is 4. The minimum absolute atomic E-state index is 0.300. The first kappa shape index (κ1) is 22.6. The molecule has 4 aromatic rings. The standard InChI is InChI=1S/C24H16F2N4.CH5N/c1-27-15-20(26)9-11-23-21-13-17(16-4-7-19(25)8-5-16)6-10-22(21)29-24(30-23)18-3-2-12-28-14-18;1-2/h2-15H,1H2;2H2,1H3/b11-9-,20-15+;. The lowest BCUT2D eigenvalue weighted by atomic mass is 10.0. The van der Waals surface area contributed by atoms with Crippen molar-refractivity contribution in [3.05, 3.63) is 96.6 Å². The van der Waals surface area contributed by atoms with Crippen LogP contribution in [0.4, 0.5) is 8.78 Å². The Hall–Kier alpha value is -4.10. The van der Waals surface area contributed by atoms with Crippen LogP contribution in [0.2, 0.25) is 0 Å². The topological polar surface area (TPSA) is 77.0 Å². The van der Waals surface area contributed by atoms with Crippen molar-refractivity contribution in [2.45, 2.75) is 0 Å². The number of allylic oxidation sites excluding steroid dienone is 2. The first-order valence-electron chi connectivity index (χ1n) is 9.69. The predicted molar refractivity (Wildman–Crippen MR) is 126 cm³/mol. The monoisotopic (exact) mass is 429 g/mol. The Labute approximate surface area is 184 Å². The molecule has 0 saturated heterocycles. The van der Waals surface area contributed by atoms with E-state index in [9.17, 15) is 8.78 Å². The van der Waals surface area contributed by atoms with Crippen molar-refractivity contribution in [2.75, 3.05) is 7.05 Å². The fourth-order valence-corrected chi connectivity index (χ4v) is 3.01. The Bertz CT molecular complexity index is 1270. The molecule has 0 spiro atoms. The van der Waals surface area contributed by atoms with E-state index in [2.05, 4.69) is 32.4 Å². The Morgan fingerprint density at radius 1 is 1.00 bits per heavy atom. The number of pyridine rings is 1. The summed E-state index contributed by atoms with van der Waals surface area (Å²) in [6.07, 6.45) is 7.20. The molecule has 0 aliphatic rings. The molecule has 0 bridgehead atoms. The van der Waals surface area contributed by atoms with Crippen molar-refractivity contribution in [1.82, 2.24) is 15.0 Å². The Balaban J connectivity index is 0.00000141. The van der Waals surface area contributed by atoms with Crippen LogP contribution in [-0.2, 0) is 0 Å². The average molecular weight is 429 g/mol. The number of rotatable bonds is 5. The summed E-state index contributed by atoms with van der Waals surface area (Å²) in [5.74, 6) is -0.365. The van der Waals surface area contributed by atoms with Crippen LogP contribution in [0, 0.1) is 5.82 Å². The van der Waals surface area contributed by atoms with Gasteiger partial charge in [-0.2, -0.15) is 0 Å². The molecule has 0 unspecified atom stereocenters. The van der Waals surface area contributed by atoms with Crippen molar-refractivity contribution < 1.29 is 8.78 Å². The summed E-state index contributed by atoms with van der Waals surface area (Å²) in [7, 11) is 1.50. The van der Waals surface area contributed by atoms with Gasteiger partial charge >= 0.3 is 0 Å². The average Bonchev–Trinajstić information content (AvgIpc) is 2.84. The minimum atomic E-state index is -0.547. The summed E-state index contributed by atoms with van der Waals surface area (Å²) in [6.45, 7) is 3.25. The molecule has 2 aromatic heterocycles. The van der Waals surface area contributed by atoms with Gasteiger partial charge in [-0.3, -0.25) is 9.98 Å². The number of nitrogens with two attached hydrogens (primary N) is 1. The number of hydrogen-bond donors (Lipinski definition) is 1. The lowest BCUT2D eigenvalue weighted by Crippen LogP contribution is -1.95. The third-order valence-electron chi connectivity index (χ3n) is 4.44. The van der Waals surface area contributed by atoms with E-state index in [1.165, 1.54) is 25.3 Å². The summed E-state index contributed by atoms with van der Waals surface area (Å²) in [5, 5.41) is 0.736. The summed E-state index contributed by atoms with van der Waals surface area (Å²) in [4.78, 5) is 16.8. The van der Waals surface area contributed by atoms with Gasteiger partial charge < -0.3 is 5.73 Å². The molecule has 0 amide bonds. The van der Waals surface area contributed by atoms with Crippen molar-refractivity contribution in [2.24, 2.45) is 10.7 Å². The molecular weight excluding hydrogens is 408 g/mol. The Morgan fingerprint density at radius 3 is 2.44 bits per heavy atom. The molecule has 7 heteroatoms. The van der Waals surface area contributed by atoms with Gasteiger partial charge in [-0.15, -0.1) is 0 Å². The van der Waals surface area contributed by atoms with Crippen LogP contribution in [0.3, 0.4) is 0 Å². The number of aliphatic imine (C=N–C) groups is 1. The molecule has 0 aliphatic heterocycles. The first-order valence-corrected chi connectivity index (χ1v) is 9.69. The smallest absolute Gasteiger partial charge is 0.161 e. The normalized spacial score (nSPS) is 11.3. The zero-order valence-electron chi connectivity index (χ0n) is 17.4. The number of fused-ring (bicyclic) bond motifs is 1. The van der Waals surface area contributed by atoms with Gasteiger partial charge in [0.05, 0.1) is 17.4 Å². The van der Waals surface area contributed by atoms with E-state index in [4.69, 9.17) is 0 Å². The second kappa shape index (κ2) is 10.8. The van der Waals surface area contributed by atoms with Gasteiger partial charge in [0, 0.05) is 23.3 Å². The highest BCUT2D eigenvalue weighted by Gasteiger charge is 2.10. The SMILES string of the molecule is C=N/C=C(F)\C=C/c1nc(-c2cccnc2)nc2ccc(-c3ccc(F)cc3)cc12.CN. The molecule has 0 atom stereocenters. The highest BCUT2D eigenvalue weighted by atomic mass is 19.1. The van der Waals surface area contributed by atoms with Crippen molar-refractivity contribution >= 4 is 23.7 Å². The second-order valence-electron chi connectivity index (χ2n) is 6.44. The summed E-state index contributed by atoms with van der Waals surface area (Å²) in [6, 6.07) is 15.6. The third kappa shape index (κ3) is 5.33. The molecule has 2 heterocycles. The maximum absolute atomic E-state index is 13.8. The summed E-state index contributed by atoms with van der Waals surface area (Å²) < 4.78 is 27.1. The van der Waals surface area contributed by atoms with Gasteiger partial charge in [-0.1, -0.05) is 18.2 Å². The molecule has 4 rings (SSSR count). The van der Waals surface area contributed by atoms with E-state index in [1.807, 2.05) is 24.3 Å². The Morgan fingerprint density at radius 2 is 1.75 bits per heavy atom. The van der Waals surface area contributed by atoms with Crippen LogP contribution >= 0.6 is 0 Å². The zero-order chi connectivity index (χ0) is 22.9. The molecule has 0 fully saturated rings. The largest absolute Gasteiger partial charge is 0.333 e. The number of aromatic nitrogens is 3. The lowest BCUT2D eigenvalue weighted by molar-refractivity contribution is 0.628. The zero-order valence-corrected chi connectivity index (χ0v) is 17.4. The van der Waals surface area contributed by atoms with E-state index < -0.39 is 5.83 Å². The van der Waals surface area contributed by atoms with E-state index >= 15 is 0 Å². The van der Waals surface area contributed by atoms with E-state index in [0.717, 1.165) is 28.3 Å². The van der Waals surface area contributed by atoms with Gasteiger partial charge in [0.1, 0.15) is 11.6 Å². The van der Waals surface area contributed by atoms with Gasteiger partial charge in [0.2, 0.25) is 0 Å². The van der Waals surface area contributed by atoms with Crippen molar-refractivity contribution in [1.29, 1.82) is 0 Å². The van der Waals surface area contributed by atoms with Gasteiger partial charge in [-0.25, -0.2) is 18.7 Å². The highest BCUT2D eigenvalue weighted by Crippen LogP contribution is 2.28. The number of benzene rings is 2. The molecule has 2 aromatic carbocycles. The molecule has 160 valence electrons. The fraction of sp³-hybridized carbons (Fsp3) is 0.0400. The molecule has 0 saturated carbocycles. The molecule has 32 heavy (non-hydrogen) atoms. The van der Waals surface area contributed by atoms with Crippen LogP contribution in [0.25, 0.3) is 39.5 Å². The van der Waals surface area contributed by atoms with Gasteiger partial charge in [-0.05, 0) is 73.4 Å². The number of hydrogen-bond acceptors (Lipinski definition) is 5. The Kier molecular flexibility index (Phi) is 7.61. The molecule has 0 aliphatic carbocycles. The van der Waals surface area contributed by atoms with E-state index in [0.29, 0.717) is 17.0 Å². The van der Waals surface area contributed by atoms with Gasteiger partial charge in [0.25, 0.3) is 0 Å². The van der Waals surface area contributed by atoms with Crippen molar-refractivity contribution in [3.63, 3.8) is 0 Å².